The van der Waals surface area contributed by atoms with Crippen molar-refractivity contribution >= 4 is 26.3 Å². The molecule has 24 heavy (non-hydrogen) atoms. The molecule has 2 heterocycles. The third-order valence-electron chi connectivity index (χ3n) is 3.42. The zero-order chi connectivity index (χ0) is 17.2. The summed E-state index contributed by atoms with van der Waals surface area (Å²) < 4.78 is 39.6. The first kappa shape index (κ1) is 16.7. The SMILES string of the molecule is COc1ccc(OC)c(S(=O)(=O)NCCc2csc3ncnn23)c1. The maximum Gasteiger partial charge on any atom is 0.244 e. The molecule has 128 valence electrons. The first-order valence-electron chi connectivity index (χ1n) is 7.03. The van der Waals surface area contributed by atoms with E-state index in [1.165, 1.54) is 38.0 Å². The number of nitrogens with zero attached hydrogens (tertiary/aromatic N) is 3. The summed E-state index contributed by atoms with van der Waals surface area (Å²) in [6.45, 7) is 0.231. The van der Waals surface area contributed by atoms with Crippen molar-refractivity contribution in [3.8, 4) is 11.5 Å². The Hall–Kier alpha value is -2.17. The first-order valence-corrected chi connectivity index (χ1v) is 9.39. The Balaban J connectivity index is 1.75. The van der Waals surface area contributed by atoms with Crippen LogP contribution in [0.4, 0.5) is 0 Å². The van der Waals surface area contributed by atoms with Crippen LogP contribution >= 0.6 is 11.3 Å². The second-order valence-corrected chi connectivity index (χ2v) is 7.42. The van der Waals surface area contributed by atoms with E-state index in [0.717, 1.165) is 10.7 Å². The van der Waals surface area contributed by atoms with Gasteiger partial charge in [-0.3, -0.25) is 0 Å². The summed E-state index contributed by atoms with van der Waals surface area (Å²) in [4.78, 5) is 4.91. The number of ether oxygens (including phenoxy) is 2. The fourth-order valence-electron chi connectivity index (χ4n) is 2.23. The lowest BCUT2D eigenvalue weighted by molar-refractivity contribution is 0.392. The van der Waals surface area contributed by atoms with Crippen molar-refractivity contribution in [2.75, 3.05) is 20.8 Å². The molecule has 1 N–H and O–H groups in total. The van der Waals surface area contributed by atoms with E-state index in [9.17, 15) is 8.42 Å². The first-order chi connectivity index (χ1) is 11.5. The van der Waals surface area contributed by atoms with E-state index in [4.69, 9.17) is 9.47 Å². The molecule has 0 unspecified atom stereocenters. The Kier molecular flexibility index (Phi) is 4.69. The summed E-state index contributed by atoms with van der Waals surface area (Å²) >= 11 is 1.46. The monoisotopic (exact) mass is 368 g/mol. The number of thiazole rings is 1. The Bertz CT molecular complexity index is 949. The van der Waals surface area contributed by atoms with E-state index >= 15 is 0 Å². The molecule has 0 atom stereocenters. The minimum absolute atomic E-state index is 0.0422. The third-order valence-corrected chi connectivity index (χ3v) is 5.78. The van der Waals surface area contributed by atoms with Gasteiger partial charge in [-0.25, -0.2) is 22.6 Å². The van der Waals surface area contributed by atoms with E-state index in [-0.39, 0.29) is 17.2 Å². The standard InChI is InChI=1S/C14H16N4O4S2/c1-21-11-3-4-12(22-2)13(7-11)24(19,20)17-6-5-10-8-23-14-15-9-16-18(10)14/h3-4,7-9,17H,5-6H2,1-2H3. The molecule has 0 bridgehead atoms. The van der Waals surface area contributed by atoms with Gasteiger partial charge in [0.05, 0.1) is 19.9 Å². The topological polar surface area (TPSA) is 94.8 Å². The highest BCUT2D eigenvalue weighted by Crippen LogP contribution is 2.28. The van der Waals surface area contributed by atoms with Crippen LogP contribution < -0.4 is 14.2 Å². The zero-order valence-electron chi connectivity index (χ0n) is 13.1. The molecule has 10 heteroatoms. The molecule has 3 aromatic rings. The number of aromatic nitrogens is 3. The second-order valence-electron chi connectivity index (χ2n) is 4.85. The molecule has 0 saturated carbocycles. The Morgan fingerprint density at radius 2 is 2.12 bits per heavy atom. The normalized spacial score (nSPS) is 11.8. The molecule has 0 fully saturated rings. The summed E-state index contributed by atoms with van der Waals surface area (Å²) in [7, 11) is -0.824. The van der Waals surface area contributed by atoms with Crippen molar-refractivity contribution in [3.63, 3.8) is 0 Å². The van der Waals surface area contributed by atoms with Gasteiger partial charge in [0.1, 0.15) is 22.7 Å². The summed E-state index contributed by atoms with van der Waals surface area (Å²) in [6.07, 6.45) is 1.97. The summed E-state index contributed by atoms with van der Waals surface area (Å²) in [5.74, 6) is 0.704. The average molecular weight is 368 g/mol. The van der Waals surface area contributed by atoms with Crippen LogP contribution in [-0.2, 0) is 16.4 Å². The number of sulfonamides is 1. The van der Waals surface area contributed by atoms with Gasteiger partial charge < -0.3 is 9.47 Å². The van der Waals surface area contributed by atoms with Gasteiger partial charge in [0.2, 0.25) is 15.0 Å². The van der Waals surface area contributed by atoms with E-state index in [0.29, 0.717) is 12.2 Å². The van der Waals surface area contributed by atoms with Crippen molar-refractivity contribution in [2.45, 2.75) is 11.3 Å². The van der Waals surface area contributed by atoms with Crippen molar-refractivity contribution < 1.29 is 17.9 Å². The van der Waals surface area contributed by atoms with Crippen LogP contribution in [0.25, 0.3) is 4.96 Å². The number of hydrogen-bond acceptors (Lipinski definition) is 7. The summed E-state index contributed by atoms with van der Waals surface area (Å²) in [5, 5.41) is 6.02. The smallest absolute Gasteiger partial charge is 0.244 e. The fraction of sp³-hybridized carbons (Fsp3) is 0.286. The molecule has 1 aromatic carbocycles. The molecule has 8 nitrogen and oxygen atoms in total. The number of fused-ring (bicyclic) bond motifs is 1. The lowest BCUT2D eigenvalue weighted by atomic mass is 10.3. The van der Waals surface area contributed by atoms with Crippen LogP contribution in [-0.4, -0.2) is 43.8 Å². The predicted molar refractivity (Wildman–Crippen MR) is 89.3 cm³/mol. The Morgan fingerprint density at radius 1 is 1.29 bits per heavy atom. The van der Waals surface area contributed by atoms with Crippen molar-refractivity contribution in [3.05, 3.63) is 35.6 Å². The van der Waals surface area contributed by atoms with Crippen LogP contribution in [0.1, 0.15) is 5.69 Å². The zero-order valence-corrected chi connectivity index (χ0v) is 14.7. The fourth-order valence-corrected chi connectivity index (χ4v) is 4.27. The van der Waals surface area contributed by atoms with Crippen molar-refractivity contribution in [1.82, 2.24) is 19.3 Å². The maximum absolute atomic E-state index is 12.5. The largest absolute Gasteiger partial charge is 0.497 e. The van der Waals surface area contributed by atoms with Crippen molar-refractivity contribution in [1.29, 1.82) is 0 Å². The van der Waals surface area contributed by atoms with Crippen LogP contribution in [0.5, 0.6) is 11.5 Å². The van der Waals surface area contributed by atoms with Gasteiger partial charge in [-0.1, -0.05) is 0 Å². The highest BCUT2D eigenvalue weighted by molar-refractivity contribution is 7.89. The van der Waals surface area contributed by atoms with Gasteiger partial charge in [-0.15, -0.1) is 11.3 Å². The van der Waals surface area contributed by atoms with Crippen molar-refractivity contribution in [2.24, 2.45) is 0 Å². The Morgan fingerprint density at radius 3 is 2.88 bits per heavy atom. The summed E-state index contributed by atoms with van der Waals surface area (Å²) in [5.41, 5.74) is 0.896. The molecule has 0 amide bonds. The highest BCUT2D eigenvalue weighted by atomic mass is 32.2. The molecule has 2 aromatic heterocycles. The lowest BCUT2D eigenvalue weighted by Gasteiger charge is -2.12. The third kappa shape index (κ3) is 3.21. The highest BCUT2D eigenvalue weighted by Gasteiger charge is 2.20. The molecule has 0 radical (unpaired) electrons. The van der Waals surface area contributed by atoms with E-state index in [2.05, 4.69) is 14.8 Å². The minimum Gasteiger partial charge on any atom is -0.497 e. The molecule has 0 aliphatic carbocycles. The lowest BCUT2D eigenvalue weighted by Crippen LogP contribution is -2.26. The predicted octanol–water partition coefficient (Wildman–Crippen LogP) is 1.33. The van der Waals surface area contributed by atoms with Gasteiger partial charge >= 0.3 is 0 Å². The van der Waals surface area contributed by atoms with E-state index in [1.807, 2.05) is 5.38 Å². The van der Waals surface area contributed by atoms with Gasteiger partial charge in [-0.2, -0.15) is 5.10 Å². The van der Waals surface area contributed by atoms with Gasteiger partial charge in [-0.05, 0) is 12.1 Å². The number of hydrogen-bond donors (Lipinski definition) is 1. The van der Waals surface area contributed by atoms with Crippen LogP contribution in [0.3, 0.4) is 0 Å². The van der Waals surface area contributed by atoms with E-state index in [1.54, 1.807) is 16.6 Å². The van der Waals surface area contributed by atoms with Crippen LogP contribution in [0.2, 0.25) is 0 Å². The molecule has 0 spiro atoms. The van der Waals surface area contributed by atoms with Crippen LogP contribution in [0.15, 0.2) is 34.8 Å². The molecular formula is C14H16N4O4S2. The molecular weight excluding hydrogens is 352 g/mol. The number of nitrogens with one attached hydrogen (secondary N) is 1. The Labute approximate surface area is 143 Å². The molecule has 0 aliphatic heterocycles. The summed E-state index contributed by atoms with van der Waals surface area (Å²) in [6, 6.07) is 4.64. The maximum atomic E-state index is 12.5. The second kappa shape index (κ2) is 6.75. The van der Waals surface area contributed by atoms with E-state index < -0.39 is 10.0 Å². The number of benzene rings is 1. The van der Waals surface area contributed by atoms with Gasteiger partial charge in [0, 0.05) is 24.4 Å². The number of methoxy groups -OCH3 is 2. The molecule has 0 aliphatic rings. The number of rotatable bonds is 7. The van der Waals surface area contributed by atoms with Crippen LogP contribution in [0, 0.1) is 0 Å². The van der Waals surface area contributed by atoms with Gasteiger partial charge in [0.25, 0.3) is 0 Å². The van der Waals surface area contributed by atoms with Gasteiger partial charge in [0.15, 0.2) is 0 Å². The quantitative estimate of drug-likeness (QED) is 0.676. The minimum atomic E-state index is -3.73. The molecule has 3 rings (SSSR count). The average Bonchev–Trinajstić information content (AvgIpc) is 3.19. The molecule has 0 saturated heterocycles.